The first-order valence-electron chi connectivity index (χ1n) is 6.55. The first-order chi connectivity index (χ1) is 10.0. The molecule has 0 radical (unpaired) electrons. The molecule has 0 aliphatic heterocycles. The lowest BCUT2D eigenvalue weighted by atomic mass is 10.3. The van der Waals surface area contributed by atoms with Gasteiger partial charge in [0.2, 0.25) is 5.75 Å². The molecule has 21 heavy (non-hydrogen) atoms. The maximum Gasteiger partial charge on any atom is 0.313 e. The van der Waals surface area contributed by atoms with Crippen molar-refractivity contribution in [2.75, 3.05) is 26.4 Å². The second-order valence-corrected chi connectivity index (χ2v) is 4.15. The highest BCUT2D eigenvalue weighted by Gasteiger charge is 2.16. The number of benzene rings is 1. The third-order valence-corrected chi connectivity index (χ3v) is 2.35. The first kappa shape index (κ1) is 17.5. The number of carbonyl (C=O) groups is 1. The third kappa shape index (κ3) is 6.59. The molecule has 0 aromatic heterocycles. The Morgan fingerprint density at radius 1 is 1.00 bits per heavy atom. The summed E-state index contributed by atoms with van der Waals surface area (Å²) in [5.41, 5.74) is 0. The van der Waals surface area contributed by atoms with Crippen molar-refractivity contribution in [3.8, 4) is 5.75 Å². The average molecular weight is 306 g/mol. The molecule has 0 aliphatic rings. The maximum absolute atomic E-state index is 13.2. The van der Waals surface area contributed by atoms with Gasteiger partial charge in [0.25, 0.3) is 0 Å². The van der Waals surface area contributed by atoms with Crippen LogP contribution in [0.4, 0.5) is 13.2 Å². The highest BCUT2D eigenvalue weighted by molar-refractivity contribution is 5.72. The monoisotopic (exact) mass is 306 g/mol. The molecule has 0 bridgehead atoms. The van der Waals surface area contributed by atoms with Gasteiger partial charge in [0.05, 0.1) is 26.2 Å². The van der Waals surface area contributed by atoms with Crippen LogP contribution in [0, 0.1) is 17.5 Å². The van der Waals surface area contributed by atoms with Crippen LogP contribution in [0.25, 0.3) is 0 Å². The Hall–Kier alpha value is -1.60. The number of halogens is 3. The highest BCUT2D eigenvalue weighted by Crippen LogP contribution is 2.23. The highest BCUT2D eigenvalue weighted by atomic mass is 19.1. The van der Waals surface area contributed by atoms with Crippen LogP contribution in [-0.4, -0.2) is 32.4 Å². The van der Waals surface area contributed by atoms with Gasteiger partial charge in [0.1, 0.15) is 5.82 Å². The van der Waals surface area contributed by atoms with Crippen molar-refractivity contribution in [3.63, 3.8) is 0 Å². The second-order valence-electron chi connectivity index (χ2n) is 4.15. The van der Waals surface area contributed by atoms with E-state index in [9.17, 15) is 18.0 Å². The number of hydrogen-bond acceptors (Lipinski definition) is 4. The Bertz CT molecular complexity index is 443. The summed E-state index contributed by atoms with van der Waals surface area (Å²) in [6.45, 7) is 3.37. The Morgan fingerprint density at radius 2 is 1.57 bits per heavy atom. The van der Waals surface area contributed by atoms with Crippen molar-refractivity contribution < 1.29 is 32.2 Å². The van der Waals surface area contributed by atoms with Gasteiger partial charge in [0.15, 0.2) is 11.6 Å². The van der Waals surface area contributed by atoms with Crippen LogP contribution in [0.3, 0.4) is 0 Å². The van der Waals surface area contributed by atoms with E-state index in [4.69, 9.17) is 9.47 Å². The Kier molecular flexibility index (Phi) is 7.78. The first-order valence-corrected chi connectivity index (χ1v) is 6.55. The van der Waals surface area contributed by atoms with E-state index in [1.165, 1.54) is 0 Å². The van der Waals surface area contributed by atoms with Crippen molar-refractivity contribution in [1.29, 1.82) is 0 Å². The third-order valence-electron chi connectivity index (χ3n) is 2.35. The van der Waals surface area contributed by atoms with Crippen LogP contribution >= 0.6 is 0 Å². The van der Waals surface area contributed by atoms with Crippen LogP contribution in [0.2, 0.25) is 0 Å². The largest absolute Gasteiger partial charge is 0.420 e. The van der Waals surface area contributed by atoms with Crippen molar-refractivity contribution >= 4 is 5.97 Å². The lowest BCUT2D eigenvalue weighted by Crippen LogP contribution is -2.14. The van der Waals surface area contributed by atoms with Crippen molar-refractivity contribution in [2.24, 2.45) is 0 Å². The summed E-state index contributed by atoms with van der Waals surface area (Å²) in [6, 6.07) is 0.876. The van der Waals surface area contributed by atoms with Gasteiger partial charge >= 0.3 is 5.97 Å². The van der Waals surface area contributed by atoms with Crippen molar-refractivity contribution in [1.82, 2.24) is 0 Å². The fourth-order valence-electron chi connectivity index (χ4n) is 1.41. The van der Waals surface area contributed by atoms with Crippen molar-refractivity contribution in [2.45, 2.75) is 19.8 Å². The molecule has 118 valence electrons. The second kappa shape index (κ2) is 9.36. The summed E-state index contributed by atoms with van der Waals surface area (Å²) in [7, 11) is 0. The van der Waals surface area contributed by atoms with E-state index in [-0.39, 0.29) is 13.0 Å². The van der Waals surface area contributed by atoms with E-state index in [1.807, 2.05) is 6.92 Å². The number of rotatable bonds is 9. The van der Waals surface area contributed by atoms with Gasteiger partial charge in [-0.3, -0.25) is 4.79 Å². The zero-order valence-electron chi connectivity index (χ0n) is 11.7. The molecular formula is C14H17F3O4. The standard InChI is InChI=1S/C14H17F3O4/c1-2-4-19-6-7-20-5-3-13(18)21-14-11(16)8-10(15)9-12(14)17/h8-9H,2-7H2,1H3. The molecule has 1 aromatic rings. The minimum atomic E-state index is -1.27. The Morgan fingerprint density at radius 3 is 2.14 bits per heavy atom. The molecule has 0 unspecified atom stereocenters. The topological polar surface area (TPSA) is 44.8 Å². The number of hydrogen-bond donors (Lipinski definition) is 0. The zero-order valence-corrected chi connectivity index (χ0v) is 11.7. The quantitative estimate of drug-likeness (QED) is 0.400. The van der Waals surface area contributed by atoms with E-state index in [0.717, 1.165) is 6.42 Å². The number of carbonyl (C=O) groups excluding carboxylic acids is 1. The van der Waals surface area contributed by atoms with Gasteiger partial charge in [-0.15, -0.1) is 0 Å². The Balaban J connectivity index is 2.28. The molecule has 0 heterocycles. The molecule has 0 saturated heterocycles. The van der Waals surface area contributed by atoms with E-state index < -0.39 is 29.2 Å². The molecule has 0 amide bonds. The fourth-order valence-corrected chi connectivity index (χ4v) is 1.41. The molecule has 0 saturated carbocycles. The normalized spacial score (nSPS) is 10.7. The molecule has 7 heteroatoms. The zero-order chi connectivity index (χ0) is 15.7. The van der Waals surface area contributed by atoms with E-state index in [1.54, 1.807) is 0 Å². The van der Waals surface area contributed by atoms with Gasteiger partial charge in [-0.2, -0.15) is 0 Å². The summed E-state index contributed by atoms with van der Waals surface area (Å²) >= 11 is 0. The van der Waals surface area contributed by atoms with Gasteiger partial charge in [-0.25, -0.2) is 13.2 Å². The number of esters is 1. The van der Waals surface area contributed by atoms with E-state index >= 15 is 0 Å². The molecule has 1 rings (SSSR count). The van der Waals surface area contributed by atoms with Crippen LogP contribution < -0.4 is 4.74 Å². The van der Waals surface area contributed by atoms with Gasteiger partial charge in [-0.05, 0) is 6.42 Å². The van der Waals surface area contributed by atoms with Gasteiger partial charge < -0.3 is 14.2 Å². The summed E-state index contributed by atoms with van der Waals surface area (Å²) in [5.74, 6) is -5.40. The minimum absolute atomic E-state index is 0.0404. The SMILES string of the molecule is CCCOCCOCCC(=O)Oc1c(F)cc(F)cc1F. The van der Waals surface area contributed by atoms with E-state index in [2.05, 4.69) is 4.74 Å². The summed E-state index contributed by atoms with van der Waals surface area (Å²) < 4.78 is 53.9. The Labute approximate surface area is 120 Å². The van der Waals surface area contributed by atoms with Crippen LogP contribution in [0.5, 0.6) is 5.75 Å². The maximum atomic E-state index is 13.2. The van der Waals surface area contributed by atoms with Crippen molar-refractivity contribution in [3.05, 3.63) is 29.6 Å². The summed E-state index contributed by atoms with van der Waals surface area (Å²) in [4.78, 5) is 11.4. The molecule has 0 N–H and O–H groups in total. The lowest BCUT2D eigenvalue weighted by molar-refractivity contribution is -0.136. The van der Waals surface area contributed by atoms with Crippen LogP contribution in [0.15, 0.2) is 12.1 Å². The summed E-state index contributed by atoms with van der Waals surface area (Å²) in [6.07, 6.45) is 0.727. The lowest BCUT2D eigenvalue weighted by Gasteiger charge is -2.07. The molecule has 0 atom stereocenters. The van der Waals surface area contributed by atoms with Gasteiger partial charge in [0, 0.05) is 18.7 Å². The number of ether oxygens (including phenoxy) is 3. The minimum Gasteiger partial charge on any atom is -0.420 e. The molecular weight excluding hydrogens is 289 g/mol. The smallest absolute Gasteiger partial charge is 0.313 e. The molecule has 1 aromatic carbocycles. The molecule has 0 fully saturated rings. The molecule has 4 nitrogen and oxygen atoms in total. The van der Waals surface area contributed by atoms with E-state index in [0.29, 0.717) is 32.0 Å². The van der Waals surface area contributed by atoms with Crippen LogP contribution in [0.1, 0.15) is 19.8 Å². The molecule has 0 spiro atoms. The van der Waals surface area contributed by atoms with Crippen LogP contribution in [-0.2, 0) is 14.3 Å². The predicted molar refractivity (Wildman–Crippen MR) is 68.5 cm³/mol. The predicted octanol–water partition coefficient (Wildman–Crippen LogP) is 2.84. The fraction of sp³-hybridized carbons (Fsp3) is 0.500. The average Bonchev–Trinajstić information content (AvgIpc) is 2.42. The van der Waals surface area contributed by atoms with Gasteiger partial charge in [-0.1, -0.05) is 6.92 Å². The summed E-state index contributed by atoms with van der Waals surface area (Å²) in [5, 5.41) is 0. The molecule has 0 aliphatic carbocycles.